The van der Waals surface area contributed by atoms with Gasteiger partial charge in [0.05, 0.1) is 11.3 Å². The van der Waals surface area contributed by atoms with Crippen molar-refractivity contribution in [1.29, 1.82) is 0 Å². The summed E-state index contributed by atoms with van der Waals surface area (Å²) in [7, 11) is -3.68. The van der Waals surface area contributed by atoms with Crippen molar-refractivity contribution in [3.05, 3.63) is 23.8 Å². The number of anilines is 1. The van der Waals surface area contributed by atoms with Gasteiger partial charge in [-0.2, -0.15) is 0 Å². The van der Waals surface area contributed by atoms with Gasteiger partial charge < -0.3 is 10.8 Å². The van der Waals surface area contributed by atoms with E-state index in [4.69, 9.17) is 5.73 Å². The lowest BCUT2D eigenvalue weighted by Gasteiger charge is -2.22. The molecule has 0 spiro atoms. The molecule has 0 atom stereocenters. The molecule has 5 nitrogen and oxygen atoms in total. The summed E-state index contributed by atoms with van der Waals surface area (Å²) in [5.41, 5.74) is 5.66. The Hall–Kier alpha value is -1.11. The van der Waals surface area contributed by atoms with Gasteiger partial charge in [-0.25, -0.2) is 13.1 Å². The van der Waals surface area contributed by atoms with Crippen molar-refractivity contribution in [3.63, 3.8) is 0 Å². The lowest BCUT2D eigenvalue weighted by Crippen LogP contribution is -2.41. The summed E-state index contributed by atoms with van der Waals surface area (Å²) in [4.78, 5) is 0.108. The lowest BCUT2D eigenvalue weighted by atomic mass is 10.0. The van der Waals surface area contributed by atoms with Gasteiger partial charge >= 0.3 is 0 Å². The molecule has 1 aliphatic rings. The Morgan fingerprint density at radius 2 is 2.00 bits per heavy atom. The first-order valence-electron chi connectivity index (χ1n) is 6.41. The molecule has 19 heavy (non-hydrogen) atoms. The van der Waals surface area contributed by atoms with E-state index in [-0.39, 0.29) is 17.1 Å². The van der Waals surface area contributed by atoms with Gasteiger partial charge in [-0.3, -0.25) is 0 Å². The van der Waals surface area contributed by atoms with Crippen LogP contribution < -0.4 is 10.5 Å². The maximum Gasteiger partial charge on any atom is 0.242 e. The normalized spacial score (nSPS) is 18.6. The van der Waals surface area contributed by atoms with Crippen molar-refractivity contribution < 1.29 is 13.5 Å². The summed E-state index contributed by atoms with van der Waals surface area (Å²) in [6.45, 7) is 1.75. The van der Waals surface area contributed by atoms with Gasteiger partial charge in [-0.15, -0.1) is 0 Å². The van der Waals surface area contributed by atoms with Crippen molar-refractivity contribution in [3.8, 4) is 0 Å². The molecular weight excluding hydrogens is 264 g/mol. The molecule has 2 rings (SSSR count). The first-order valence-corrected chi connectivity index (χ1v) is 7.90. The molecule has 0 bridgehead atoms. The van der Waals surface area contributed by atoms with Crippen molar-refractivity contribution in [1.82, 2.24) is 4.72 Å². The van der Waals surface area contributed by atoms with Crippen molar-refractivity contribution in [2.45, 2.75) is 43.1 Å². The number of aliphatic hydroxyl groups is 1. The highest BCUT2D eigenvalue weighted by Gasteiger charge is 2.33. The minimum Gasteiger partial charge on any atom is -0.398 e. The van der Waals surface area contributed by atoms with Crippen LogP contribution in [-0.2, 0) is 10.0 Å². The molecule has 0 heterocycles. The molecule has 0 aromatic heterocycles. The number of nitrogens with two attached hydrogens (primary N) is 1. The van der Waals surface area contributed by atoms with Gasteiger partial charge in [0.1, 0.15) is 4.90 Å². The Kier molecular flexibility index (Phi) is 3.85. The van der Waals surface area contributed by atoms with Crippen LogP contribution in [-0.4, -0.2) is 25.7 Å². The number of hydrogen-bond acceptors (Lipinski definition) is 4. The zero-order valence-electron chi connectivity index (χ0n) is 11.0. The molecule has 1 fully saturated rings. The van der Waals surface area contributed by atoms with E-state index in [9.17, 15) is 13.5 Å². The predicted octanol–water partition coefficient (Wildman–Crippen LogP) is 1.16. The molecule has 1 saturated carbocycles. The Morgan fingerprint density at radius 3 is 2.58 bits per heavy atom. The highest BCUT2D eigenvalue weighted by Crippen LogP contribution is 2.29. The Bertz CT molecular complexity index is 543. The van der Waals surface area contributed by atoms with Gasteiger partial charge in [-0.1, -0.05) is 25.0 Å². The first-order chi connectivity index (χ1) is 8.84. The molecule has 0 saturated heterocycles. The predicted molar refractivity (Wildman–Crippen MR) is 74.2 cm³/mol. The van der Waals surface area contributed by atoms with E-state index in [2.05, 4.69) is 4.72 Å². The van der Waals surface area contributed by atoms with Crippen LogP contribution in [0.15, 0.2) is 23.1 Å². The van der Waals surface area contributed by atoms with E-state index in [1.807, 2.05) is 0 Å². The quantitative estimate of drug-likeness (QED) is 0.723. The molecule has 4 N–H and O–H groups in total. The van der Waals surface area contributed by atoms with Crippen LogP contribution in [0.1, 0.15) is 31.2 Å². The van der Waals surface area contributed by atoms with E-state index >= 15 is 0 Å². The zero-order chi connectivity index (χ0) is 14.1. The molecule has 106 valence electrons. The third-order valence-corrected chi connectivity index (χ3v) is 5.26. The fraction of sp³-hybridized carbons (Fsp3) is 0.538. The largest absolute Gasteiger partial charge is 0.398 e. The third kappa shape index (κ3) is 3.08. The Morgan fingerprint density at radius 1 is 1.37 bits per heavy atom. The molecule has 1 aliphatic carbocycles. The number of nitrogens with one attached hydrogen (secondary N) is 1. The molecular formula is C13H20N2O3S. The van der Waals surface area contributed by atoms with E-state index in [0.29, 0.717) is 18.4 Å². The van der Waals surface area contributed by atoms with Crippen LogP contribution in [0.3, 0.4) is 0 Å². The van der Waals surface area contributed by atoms with Crippen LogP contribution in [0.5, 0.6) is 0 Å². The third-order valence-electron chi connectivity index (χ3n) is 3.64. The topological polar surface area (TPSA) is 92.4 Å². The van der Waals surface area contributed by atoms with E-state index in [1.54, 1.807) is 25.1 Å². The number of nitrogen functional groups attached to an aromatic ring is 1. The molecule has 0 unspecified atom stereocenters. The minimum absolute atomic E-state index is 0.0447. The standard InChI is InChI=1S/C13H20N2O3S/c1-10-5-4-6-11(14)12(10)19(17,18)15-9-13(16)7-2-3-8-13/h4-6,15-16H,2-3,7-9,14H2,1H3. The molecule has 6 heteroatoms. The van der Waals surface area contributed by atoms with Gasteiger partial charge in [0.2, 0.25) is 10.0 Å². The number of hydrogen-bond donors (Lipinski definition) is 3. The van der Waals surface area contributed by atoms with Gasteiger partial charge in [0.15, 0.2) is 0 Å². The second kappa shape index (κ2) is 5.11. The minimum atomic E-state index is -3.68. The van der Waals surface area contributed by atoms with Gasteiger partial charge in [0.25, 0.3) is 0 Å². The smallest absolute Gasteiger partial charge is 0.242 e. The Balaban J connectivity index is 2.19. The van der Waals surface area contributed by atoms with Crippen LogP contribution in [0, 0.1) is 6.92 Å². The summed E-state index contributed by atoms with van der Waals surface area (Å²) in [5, 5.41) is 10.2. The number of aryl methyl sites for hydroxylation is 1. The average Bonchev–Trinajstić information content (AvgIpc) is 2.74. The first kappa shape index (κ1) is 14.3. The van der Waals surface area contributed by atoms with Crippen molar-refractivity contribution >= 4 is 15.7 Å². The van der Waals surface area contributed by atoms with Crippen LogP contribution in [0.4, 0.5) is 5.69 Å². The number of benzene rings is 1. The van der Waals surface area contributed by atoms with Crippen molar-refractivity contribution in [2.75, 3.05) is 12.3 Å². The lowest BCUT2D eigenvalue weighted by molar-refractivity contribution is 0.0532. The second-order valence-electron chi connectivity index (χ2n) is 5.25. The average molecular weight is 284 g/mol. The fourth-order valence-corrected chi connectivity index (χ4v) is 4.03. The molecule has 0 aliphatic heterocycles. The molecule has 1 aromatic rings. The van der Waals surface area contributed by atoms with Gasteiger partial charge in [0, 0.05) is 6.54 Å². The SMILES string of the molecule is Cc1cccc(N)c1S(=O)(=O)NCC1(O)CCCC1. The summed E-state index contributed by atoms with van der Waals surface area (Å²) < 4.78 is 27.0. The zero-order valence-corrected chi connectivity index (χ0v) is 11.8. The molecule has 0 radical (unpaired) electrons. The number of sulfonamides is 1. The van der Waals surface area contributed by atoms with Crippen LogP contribution in [0.25, 0.3) is 0 Å². The van der Waals surface area contributed by atoms with E-state index < -0.39 is 15.6 Å². The number of rotatable bonds is 4. The second-order valence-corrected chi connectivity index (χ2v) is 6.95. The van der Waals surface area contributed by atoms with Gasteiger partial charge in [-0.05, 0) is 31.4 Å². The summed E-state index contributed by atoms with van der Waals surface area (Å²) in [6.07, 6.45) is 3.15. The van der Waals surface area contributed by atoms with Crippen LogP contribution in [0.2, 0.25) is 0 Å². The summed E-state index contributed by atoms with van der Waals surface area (Å²) in [6, 6.07) is 4.98. The fourth-order valence-electron chi connectivity index (χ4n) is 2.55. The highest BCUT2D eigenvalue weighted by molar-refractivity contribution is 7.89. The van der Waals surface area contributed by atoms with Crippen molar-refractivity contribution in [2.24, 2.45) is 0 Å². The maximum atomic E-state index is 12.3. The Labute approximate surface area is 113 Å². The van der Waals surface area contributed by atoms with E-state index in [0.717, 1.165) is 12.8 Å². The summed E-state index contributed by atoms with van der Waals surface area (Å²) >= 11 is 0. The summed E-state index contributed by atoms with van der Waals surface area (Å²) in [5.74, 6) is 0. The highest BCUT2D eigenvalue weighted by atomic mass is 32.2. The molecule has 1 aromatic carbocycles. The molecule has 0 amide bonds. The maximum absolute atomic E-state index is 12.3. The monoisotopic (exact) mass is 284 g/mol. The van der Waals surface area contributed by atoms with E-state index in [1.165, 1.54) is 0 Å². The van der Waals surface area contributed by atoms with Crippen LogP contribution >= 0.6 is 0 Å².